The van der Waals surface area contributed by atoms with Crippen molar-refractivity contribution in [3.05, 3.63) is 68.9 Å². The summed E-state index contributed by atoms with van der Waals surface area (Å²) in [4.78, 5) is 0.116. The highest BCUT2D eigenvalue weighted by molar-refractivity contribution is 9.10. The summed E-state index contributed by atoms with van der Waals surface area (Å²) in [6.07, 6.45) is 0.718. The van der Waals surface area contributed by atoms with Gasteiger partial charge in [0, 0.05) is 9.30 Å². The molecule has 0 saturated carbocycles. The summed E-state index contributed by atoms with van der Waals surface area (Å²) in [5, 5.41) is 0.677. The summed E-state index contributed by atoms with van der Waals surface area (Å²) in [6.45, 7) is 0. The topological polar surface area (TPSA) is 0 Å². The number of hydrogen-bond donors (Lipinski definition) is 0. The monoisotopic (exact) mass is 390 g/mol. The molecule has 18 heavy (non-hydrogen) atoms. The number of halogens is 4. The smallest absolute Gasteiger partial charge is 0.123 e. The maximum atomic E-state index is 13.1. The van der Waals surface area contributed by atoms with E-state index in [2.05, 4.69) is 31.9 Å². The highest BCUT2D eigenvalue weighted by Gasteiger charge is 2.10. The van der Waals surface area contributed by atoms with Crippen LogP contribution in [0.15, 0.2) is 46.9 Å². The standard InChI is InChI=1S/C14H10Br2ClF/c15-12-5-4-10(8-14(12)17)13(16)7-9-2-1-3-11(18)6-9/h1-6,8,13H,7H2. The molecular weight excluding hydrogens is 382 g/mol. The average molecular weight is 392 g/mol. The van der Waals surface area contributed by atoms with E-state index in [-0.39, 0.29) is 10.6 Å². The lowest BCUT2D eigenvalue weighted by atomic mass is 10.0. The lowest BCUT2D eigenvalue weighted by Crippen LogP contribution is -1.96. The van der Waals surface area contributed by atoms with Crippen LogP contribution in [0.3, 0.4) is 0 Å². The molecule has 0 fully saturated rings. The predicted molar refractivity (Wildman–Crippen MR) is 80.9 cm³/mol. The van der Waals surface area contributed by atoms with Gasteiger partial charge in [-0.3, -0.25) is 0 Å². The summed E-state index contributed by atoms with van der Waals surface area (Å²) in [6, 6.07) is 12.4. The van der Waals surface area contributed by atoms with E-state index in [1.54, 1.807) is 12.1 Å². The molecule has 0 N–H and O–H groups in total. The third kappa shape index (κ3) is 3.56. The second-order valence-electron chi connectivity index (χ2n) is 3.98. The minimum Gasteiger partial charge on any atom is -0.207 e. The van der Waals surface area contributed by atoms with E-state index in [9.17, 15) is 4.39 Å². The molecule has 0 heterocycles. The fraction of sp³-hybridized carbons (Fsp3) is 0.143. The van der Waals surface area contributed by atoms with E-state index in [4.69, 9.17) is 11.6 Å². The van der Waals surface area contributed by atoms with Crippen LogP contribution in [0.4, 0.5) is 4.39 Å². The van der Waals surface area contributed by atoms with Crippen molar-refractivity contribution in [1.29, 1.82) is 0 Å². The largest absolute Gasteiger partial charge is 0.207 e. The average Bonchev–Trinajstić information content (AvgIpc) is 2.32. The second kappa shape index (κ2) is 6.18. The Hall–Kier alpha value is -0.380. The Bertz CT molecular complexity index is 557. The van der Waals surface area contributed by atoms with Crippen LogP contribution in [0.5, 0.6) is 0 Å². The molecule has 2 aromatic carbocycles. The Morgan fingerprint density at radius 2 is 1.94 bits per heavy atom. The van der Waals surface area contributed by atoms with Crippen LogP contribution in [-0.2, 0) is 6.42 Å². The van der Waals surface area contributed by atoms with Crippen LogP contribution in [0.2, 0.25) is 5.02 Å². The summed E-state index contributed by atoms with van der Waals surface area (Å²) in [7, 11) is 0. The van der Waals surface area contributed by atoms with E-state index >= 15 is 0 Å². The van der Waals surface area contributed by atoms with Gasteiger partial charge in [-0.15, -0.1) is 0 Å². The molecule has 1 unspecified atom stereocenters. The van der Waals surface area contributed by atoms with E-state index in [1.165, 1.54) is 6.07 Å². The molecular formula is C14H10Br2ClF. The normalized spacial score (nSPS) is 12.4. The van der Waals surface area contributed by atoms with E-state index in [0.717, 1.165) is 22.0 Å². The van der Waals surface area contributed by atoms with Crippen molar-refractivity contribution in [2.24, 2.45) is 0 Å². The van der Waals surface area contributed by atoms with Crippen molar-refractivity contribution in [2.45, 2.75) is 11.2 Å². The van der Waals surface area contributed by atoms with Crippen molar-refractivity contribution in [1.82, 2.24) is 0 Å². The third-order valence-electron chi connectivity index (χ3n) is 2.61. The lowest BCUT2D eigenvalue weighted by Gasteiger charge is -2.11. The van der Waals surface area contributed by atoms with Crippen LogP contribution in [0, 0.1) is 5.82 Å². The molecule has 0 saturated heterocycles. The minimum atomic E-state index is -0.207. The van der Waals surface area contributed by atoms with Crippen molar-refractivity contribution in [3.8, 4) is 0 Å². The molecule has 2 aromatic rings. The molecule has 0 radical (unpaired) electrons. The van der Waals surface area contributed by atoms with Gasteiger partial charge in [0.05, 0.1) is 5.02 Å². The summed E-state index contributed by atoms with van der Waals surface area (Å²) >= 11 is 13.0. The summed E-state index contributed by atoms with van der Waals surface area (Å²) < 4.78 is 14.0. The Balaban J connectivity index is 2.16. The van der Waals surface area contributed by atoms with Crippen molar-refractivity contribution in [2.75, 3.05) is 0 Å². The quantitative estimate of drug-likeness (QED) is 0.569. The van der Waals surface area contributed by atoms with Gasteiger partial charge < -0.3 is 0 Å². The SMILES string of the molecule is Fc1cccc(CC(Br)c2ccc(Br)c(Cl)c2)c1. The molecule has 4 heteroatoms. The van der Waals surface area contributed by atoms with Crippen LogP contribution in [0.25, 0.3) is 0 Å². The first-order chi connectivity index (χ1) is 8.56. The molecule has 0 aliphatic heterocycles. The van der Waals surface area contributed by atoms with E-state index in [1.807, 2.05) is 24.3 Å². The van der Waals surface area contributed by atoms with Gasteiger partial charge in [-0.25, -0.2) is 4.39 Å². The second-order valence-corrected chi connectivity index (χ2v) is 6.34. The fourth-order valence-electron chi connectivity index (χ4n) is 1.70. The summed E-state index contributed by atoms with van der Waals surface area (Å²) in [5.74, 6) is -0.207. The van der Waals surface area contributed by atoms with Gasteiger partial charge in [0.2, 0.25) is 0 Å². The molecule has 0 aliphatic rings. The van der Waals surface area contributed by atoms with Crippen molar-refractivity contribution < 1.29 is 4.39 Å². The zero-order chi connectivity index (χ0) is 13.1. The van der Waals surface area contributed by atoms with Crippen LogP contribution in [-0.4, -0.2) is 0 Å². The Morgan fingerprint density at radius 3 is 2.61 bits per heavy atom. The molecule has 1 atom stereocenters. The maximum Gasteiger partial charge on any atom is 0.123 e. The van der Waals surface area contributed by atoms with Crippen LogP contribution >= 0.6 is 43.5 Å². The molecule has 0 amide bonds. The van der Waals surface area contributed by atoms with Gasteiger partial charge in [0.1, 0.15) is 5.82 Å². The minimum absolute atomic E-state index is 0.116. The van der Waals surface area contributed by atoms with E-state index < -0.39 is 0 Å². The van der Waals surface area contributed by atoms with E-state index in [0.29, 0.717) is 5.02 Å². The van der Waals surface area contributed by atoms with Crippen molar-refractivity contribution in [3.63, 3.8) is 0 Å². The van der Waals surface area contributed by atoms with Crippen molar-refractivity contribution >= 4 is 43.5 Å². The number of hydrogen-bond acceptors (Lipinski definition) is 0. The van der Waals surface area contributed by atoms with Gasteiger partial charge in [-0.1, -0.05) is 45.7 Å². The van der Waals surface area contributed by atoms with Crippen LogP contribution < -0.4 is 0 Å². The van der Waals surface area contributed by atoms with Gasteiger partial charge in [0.15, 0.2) is 0 Å². The van der Waals surface area contributed by atoms with Gasteiger partial charge in [-0.05, 0) is 57.7 Å². The molecule has 0 aromatic heterocycles. The van der Waals surface area contributed by atoms with Gasteiger partial charge in [0.25, 0.3) is 0 Å². The zero-order valence-electron chi connectivity index (χ0n) is 9.34. The molecule has 0 spiro atoms. The first-order valence-electron chi connectivity index (χ1n) is 5.40. The Labute approximate surface area is 127 Å². The first kappa shape index (κ1) is 14.0. The molecule has 2 rings (SSSR count). The predicted octanol–water partition coefficient (Wildman–Crippen LogP) is 5.92. The Morgan fingerprint density at radius 1 is 1.17 bits per heavy atom. The Kier molecular flexibility index (Phi) is 4.82. The number of benzene rings is 2. The van der Waals surface area contributed by atoms with Gasteiger partial charge >= 0.3 is 0 Å². The molecule has 0 nitrogen and oxygen atoms in total. The number of alkyl halides is 1. The van der Waals surface area contributed by atoms with Crippen LogP contribution in [0.1, 0.15) is 16.0 Å². The highest BCUT2D eigenvalue weighted by Crippen LogP contribution is 2.32. The first-order valence-corrected chi connectivity index (χ1v) is 7.48. The van der Waals surface area contributed by atoms with Gasteiger partial charge in [-0.2, -0.15) is 0 Å². The fourth-order valence-corrected chi connectivity index (χ4v) is 2.79. The lowest BCUT2D eigenvalue weighted by molar-refractivity contribution is 0.625. The molecule has 0 aliphatic carbocycles. The summed E-state index contributed by atoms with van der Waals surface area (Å²) in [5.41, 5.74) is 2.03. The molecule has 94 valence electrons. The maximum absolute atomic E-state index is 13.1. The highest BCUT2D eigenvalue weighted by atomic mass is 79.9. The molecule has 0 bridgehead atoms. The zero-order valence-corrected chi connectivity index (χ0v) is 13.3. The number of rotatable bonds is 3. The third-order valence-corrected chi connectivity index (χ3v) is 4.69.